The summed E-state index contributed by atoms with van der Waals surface area (Å²) in [5, 5.41) is 3.67. The molecule has 0 aliphatic heterocycles. The minimum absolute atomic E-state index is 0.199. The Morgan fingerprint density at radius 2 is 1.89 bits per heavy atom. The van der Waals surface area contributed by atoms with Crippen LogP contribution >= 0.6 is 0 Å². The second-order valence-corrected chi connectivity index (χ2v) is 5.56. The van der Waals surface area contributed by atoms with Crippen LogP contribution in [-0.2, 0) is 9.47 Å². The largest absolute Gasteiger partial charge is 0.382 e. The van der Waals surface area contributed by atoms with Gasteiger partial charge in [0, 0.05) is 13.2 Å². The lowest BCUT2D eigenvalue weighted by Gasteiger charge is -2.31. The zero-order valence-electron chi connectivity index (χ0n) is 12.4. The molecule has 0 bridgehead atoms. The molecule has 2 unspecified atom stereocenters. The summed E-state index contributed by atoms with van der Waals surface area (Å²) < 4.78 is 11.0. The van der Waals surface area contributed by atoms with Gasteiger partial charge in [0.15, 0.2) is 0 Å². The molecule has 0 aromatic carbocycles. The molecule has 0 radical (unpaired) electrons. The summed E-state index contributed by atoms with van der Waals surface area (Å²) in [7, 11) is 1.73. The van der Waals surface area contributed by atoms with Gasteiger partial charge in [-0.15, -0.1) is 0 Å². The van der Waals surface area contributed by atoms with Gasteiger partial charge in [0.25, 0.3) is 0 Å². The van der Waals surface area contributed by atoms with Crippen molar-refractivity contribution < 1.29 is 9.47 Å². The Labute approximate surface area is 113 Å². The number of rotatable bonds is 9. The van der Waals surface area contributed by atoms with Crippen LogP contribution in [0.3, 0.4) is 0 Å². The van der Waals surface area contributed by atoms with Crippen LogP contribution in [0.15, 0.2) is 0 Å². The van der Waals surface area contributed by atoms with Gasteiger partial charge in [-0.25, -0.2) is 0 Å². The fraction of sp³-hybridized carbons (Fsp3) is 1.00. The second kappa shape index (κ2) is 9.76. The van der Waals surface area contributed by atoms with Crippen molar-refractivity contribution in [1.82, 2.24) is 5.32 Å². The van der Waals surface area contributed by atoms with Crippen molar-refractivity contribution >= 4 is 0 Å². The molecule has 1 aliphatic carbocycles. The van der Waals surface area contributed by atoms with Crippen molar-refractivity contribution in [3.8, 4) is 0 Å². The Bertz CT molecular complexity index is 193. The van der Waals surface area contributed by atoms with Crippen molar-refractivity contribution in [2.24, 2.45) is 5.92 Å². The van der Waals surface area contributed by atoms with E-state index >= 15 is 0 Å². The van der Waals surface area contributed by atoms with Crippen LogP contribution in [0, 0.1) is 5.92 Å². The lowest BCUT2D eigenvalue weighted by atomic mass is 9.84. The van der Waals surface area contributed by atoms with E-state index < -0.39 is 0 Å². The molecule has 0 aromatic heterocycles. The van der Waals surface area contributed by atoms with Crippen LogP contribution in [0.25, 0.3) is 0 Å². The molecule has 1 N–H and O–H groups in total. The molecule has 0 aromatic rings. The van der Waals surface area contributed by atoms with Crippen LogP contribution in [0.2, 0.25) is 0 Å². The summed E-state index contributed by atoms with van der Waals surface area (Å²) in [6.45, 7) is 6.92. The zero-order valence-corrected chi connectivity index (χ0v) is 12.4. The highest BCUT2D eigenvalue weighted by Gasteiger charge is 2.23. The highest BCUT2D eigenvalue weighted by molar-refractivity contribution is 4.79. The molecule has 1 fully saturated rings. The molecule has 0 amide bonds. The van der Waals surface area contributed by atoms with E-state index in [-0.39, 0.29) is 6.10 Å². The minimum atomic E-state index is 0.199. The summed E-state index contributed by atoms with van der Waals surface area (Å²) >= 11 is 0. The maximum Gasteiger partial charge on any atom is 0.0781 e. The van der Waals surface area contributed by atoms with E-state index in [1.165, 1.54) is 38.5 Å². The third-order valence-electron chi connectivity index (χ3n) is 3.84. The van der Waals surface area contributed by atoms with Crippen molar-refractivity contribution in [3.05, 3.63) is 0 Å². The summed E-state index contributed by atoms with van der Waals surface area (Å²) in [5.41, 5.74) is 0. The minimum Gasteiger partial charge on any atom is -0.382 e. The van der Waals surface area contributed by atoms with Gasteiger partial charge in [-0.05, 0) is 38.6 Å². The topological polar surface area (TPSA) is 30.5 Å². The number of hydrogen-bond acceptors (Lipinski definition) is 3. The van der Waals surface area contributed by atoms with Gasteiger partial charge in [-0.3, -0.25) is 0 Å². The molecule has 108 valence electrons. The molecular formula is C15H31NO2. The molecule has 18 heavy (non-hydrogen) atoms. The van der Waals surface area contributed by atoms with Crippen LogP contribution < -0.4 is 5.32 Å². The van der Waals surface area contributed by atoms with Gasteiger partial charge in [-0.2, -0.15) is 0 Å². The average molecular weight is 257 g/mol. The van der Waals surface area contributed by atoms with Gasteiger partial charge < -0.3 is 14.8 Å². The fourth-order valence-electron chi connectivity index (χ4n) is 2.78. The van der Waals surface area contributed by atoms with Crippen molar-refractivity contribution in [2.75, 3.05) is 26.9 Å². The van der Waals surface area contributed by atoms with Crippen molar-refractivity contribution in [2.45, 2.75) is 64.5 Å². The van der Waals surface area contributed by atoms with Crippen molar-refractivity contribution in [1.29, 1.82) is 0 Å². The van der Waals surface area contributed by atoms with E-state index in [4.69, 9.17) is 9.47 Å². The average Bonchev–Trinajstić information content (AvgIpc) is 2.40. The van der Waals surface area contributed by atoms with E-state index in [0.29, 0.717) is 12.6 Å². The molecule has 2 atom stereocenters. The number of hydrogen-bond donors (Lipinski definition) is 1. The smallest absolute Gasteiger partial charge is 0.0781 e. The standard InChI is InChI=1S/C15H31NO2/c1-4-10-16-15(12-18-13(2)11-17-3)14-8-6-5-7-9-14/h13-16H,4-12H2,1-3H3. The Balaban J connectivity index is 2.33. The molecule has 3 heteroatoms. The molecule has 0 saturated heterocycles. The maximum atomic E-state index is 5.91. The van der Waals surface area contributed by atoms with E-state index in [1.807, 2.05) is 0 Å². The summed E-state index contributed by atoms with van der Waals surface area (Å²) in [5.74, 6) is 0.806. The number of ether oxygens (including phenoxy) is 2. The van der Waals surface area contributed by atoms with Gasteiger partial charge in [0.05, 0.1) is 19.3 Å². The highest BCUT2D eigenvalue weighted by atomic mass is 16.5. The Morgan fingerprint density at radius 1 is 1.17 bits per heavy atom. The predicted molar refractivity (Wildman–Crippen MR) is 75.9 cm³/mol. The van der Waals surface area contributed by atoms with E-state index in [2.05, 4.69) is 19.2 Å². The second-order valence-electron chi connectivity index (χ2n) is 5.56. The summed E-state index contributed by atoms with van der Waals surface area (Å²) in [6.07, 6.45) is 8.32. The summed E-state index contributed by atoms with van der Waals surface area (Å²) in [4.78, 5) is 0. The SMILES string of the molecule is CCCNC(COC(C)COC)C1CCCCC1. The van der Waals surface area contributed by atoms with E-state index in [0.717, 1.165) is 19.1 Å². The van der Waals surface area contributed by atoms with Gasteiger partial charge in [0.1, 0.15) is 0 Å². The first-order chi connectivity index (χ1) is 8.77. The molecule has 1 aliphatic rings. The molecule has 0 heterocycles. The third kappa shape index (κ3) is 6.17. The van der Waals surface area contributed by atoms with Crippen LogP contribution in [0.1, 0.15) is 52.4 Å². The normalized spacial score (nSPS) is 20.8. The molecule has 1 rings (SSSR count). The highest BCUT2D eigenvalue weighted by Crippen LogP contribution is 2.26. The maximum absolute atomic E-state index is 5.91. The van der Waals surface area contributed by atoms with E-state index in [1.54, 1.807) is 7.11 Å². The Hall–Kier alpha value is -0.120. The number of methoxy groups -OCH3 is 1. The molecular weight excluding hydrogens is 226 g/mol. The lowest BCUT2D eigenvalue weighted by molar-refractivity contribution is -0.00938. The molecule has 3 nitrogen and oxygen atoms in total. The van der Waals surface area contributed by atoms with Gasteiger partial charge in [0.2, 0.25) is 0 Å². The van der Waals surface area contributed by atoms with Gasteiger partial charge >= 0.3 is 0 Å². The first kappa shape index (κ1) is 15.9. The van der Waals surface area contributed by atoms with Gasteiger partial charge in [-0.1, -0.05) is 26.2 Å². The quantitative estimate of drug-likeness (QED) is 0.689. The van der Waals surface area contributed by atoms with Crippen LogP contribution in [0.5, 0.6) is 0 Å². The van der Waals surface area contributed by atoms with Crippen molar-refractivity contribution in [3.63, 3.8) is 0 Å². The number of nitrogens with one attached hydrogen (secondary N) is 1. The molecule has 0 spiro atoms. The first-order valence-electron chi connectivity index (χ1n) is 7.61. The Kier molecular flexibility index (Phi) is 8.64. The summed E-state index contributed by atoms with van der Waals surface area (Å²) in [6, 6.07) is 0.532. The molecule has 1 saturated carbocycles. The monoisotopic (exact) mass is 257 g/mol. The Morgan fingerprint density at radius 3 is 2.50 bits per heavy atom. The first-order valence-corrected chi connectivity index (χ1v) is 7.61. The lowest BCUT2D eigenvalue weighted by Crippen LogP contribution is -2.42. The zero-order chi connectivity index (χ0) is 13.2. The third-order valence-corrected chi connectivity index (χ3v) is 3.84. The fourth-order valence-corrected chi connectivity index (χ4v) is 2.78. The van der Waals surface area contributed by atoms with Crippen LogP contribution in [0.4, 0.5) is 0 Å². The van der Waals surface area contributed by atoms with Crippen LogP contribution in [-0.4, -0.2) is 39.0 Å². The van der Waals surface area contributed by atoms with E-state index in [9.17, 15) is 0 Å². The predicted octanol–water partition coefficient (Wildman–Crippen LogP) is 2.99.